The van der Waals surface area contributed by atoms with Gasteiger partial charge in [-0.2, -0.15) is 0 Å². The average Bonchev–Trinajstić information content (AvgIpc) is 2.63. The molecule has 0 aliphatic carbocycles. The fourth-order valence-electron chi connectivity index (χ4n) is 1.83. The molecule has 0 saturated carbocycles. The van der Waals surface area contributed by atoms with Crippen LogP contribution in [0.3, 0.4) is 0 Å². The summed E-state index contributed by atoms with van der Waals surface area (Å²) in [5.41, 5.74) is 0.432. The van der Waals surface area contributed by atoms with Crippen LogP contribution in [-0.2, 0) is 4.74 Å². The van der Waals surface area contributed by atoms with Crippen LogP contribution in [0.15, 0.2) is 0 Å². The summed E-state index contributed by atoms with van der Waals surface area (Å²) in [4.78, 5) is 12.9. The smallest absolute Gasteiger partial charge is 0.173 e. The fraction of sp³-hybridized carbons (Fsp3) is 0.667. The first kappa shape index (κ1) is 10.5. The molecule has 0 radical (unpaired) electrons. The molecule has 0 aromatic carbocycles. The quantitative estimate of drug-likeness (QED) is 0.704. The Bertz CT molecular complexity index is 345. The van der Waals surface area contributed by atoms with E-state index in [1.807, 2.05) is 13.8 Å². The third kappa shape index (κ3) is 2.15. The summed E-state index contributed by atoms with van der Waals surface area (Å²) in [5, 5.41) is 4.63. The van der Waals surface area contributed by atoms with Gasteiger partial charge in [0.15, 0.2) is 12.0 Å². The summed E-state index contributed by atoms with van der Waals surface area (Å²) >= 11 is 1.26. The minimum atomic E-state index is 0.176. The minimum absolute atomic E-state index is 0.176. The summed E-state index contributed by atoms with van der Waals surface area (Å²) in [5.74, 6) is 0. The van der Waals surface area contributed by atoms with E-state index in [0.717, 1.165) is 24.4 Å². The van der Waals surface area contributed by atoms with Gasteiger partial charge < -0.3 is 9.64 Å². The largest absolute Gasteiger partial charge is 0.372 e. The molecule has 2 rings (SSSR count). The van der Waals surface area contributed by atoms with Gasteiger partial charge in [0.2, 0.25) is 0 Å². The first-order chi connectivity index (χ1) is 7.20. The van der Waals surface area contributed by atoms with Gasteiger partial charge >= 0.3 is 0 Å². The van der Waals surface area contributed by atoms with E-state index in [4.69, 9.17) is 4.74 Å². The van der Waals surface area contributed by atoms with Gasteiger partial charge in [0, 0.05) is 24.6 Å². The van der Waals surface area contributed by atoms with E-state index in [1.165, 1.54) is 11.5 Å². The van der Waals surface area contributed by atoms with Crippen molar-refractivity contribution in [1.29, 1.82) is 0 Å². The molecular formula is C9H13N3O2S. The van der Waals surface area contributed by atoms with Gasteiger partial charge in [0.25, 0.3) is 0 Å². The second kappa shape index (κ2) is 4.24. The number of morpholine rings is 1. The highest BCUT2D eigenvalue weighted by Crippen LogP contribution is 2.25. The third-order valence-electron chi connectivity index (χ3n) is 2.31. The van der Waals surface area contributed by atoms with E-state index in [0.29, 0.717) is 5.69 Å². The van der Waals surface area contributed by atoms with Crippen LogP contribution < -0.4 is 4.90 Å². The van der Waals surface area contributed by atoms with Crippen LogP contribution in [0.5, 0.6) is 0 Å². The van der Waals surface area contributed by atoms with Gasteiger partial charge in [-0.15, -0.1) is 5.10 Å². The van der Waals surface area contributed by atoms with Gasteiger partial charge in [-0.1, -0.05) is 4.49 Å². The Morgan fingerprint density at radius 1 is 1.47 bits per heavy atom. The molecule has 2 heterocycles. The zero-order chi connectivity index (χ0) is 10.8. The lowest BCUT2D eigenvalue weighted by Crippen LogP contribution is -2.45. The molecule has 6 heteroatoms. The normalized spacial score (nSPS) is 26.7. The van der Waals surface area contributed by atoms with Crippen LogP contribution in [0.25, 0.3) is 0 Å². The van der Waals surface area contributed by atoms with Crippen LogP contribution in [0.2, 0.25) is 0 Å². The second-order valence-electron chi connectivity index (χ2n) is 3.74. The molecule has 1 aromatic rings. The third-order valence-corrected chi connectivity index (χ3v) is 3.12. The van der Waals surface area contributed by atoms with Crippen LogP contribution in [0, 0.1) is 0 Å². The minimum Gasteiger partial charge on any atom is -0.372 e. The number of aldehydes is 1. The molecule has 1 aliphatic rings. The molecule has 0 bridgehead atoms. The van der Waals surface area contributed by atoms with Crippen LogP contribution in [0.4, 0.5) is 5.00 Å². The van der Waals surface area contributed by atoms with E-state index in [2.05, 4.69) is 14.5 Å². The Labute approximate surface area is 92.2 Å². The maximum Gasteiger partial charge on any atom is 0.173 e. The standard InChI is InChI=1S/C9H13N3O2S/c1-6-3-12(4-7(2)14-6)9-8(5-13)10-11-15-9/h5-7H,3-4H2,1-2H3/t6-,7-/m0/s1. The molecule has 82 valence electrons. The van der Waals surface area contributed by atoms with Crippen molar-refractivity contribution < 1.29 is 9.53 Å². The van der Waals surface area contributed by atoms with E-state index in [-0.39, 0.29) is 12.2 Å². The molecule has 15 heavy (non-hydrogen) atoms. The maximum atomic E-state index is 10.7. The van der Waals surface area contributed by atoms with E-state index in [9.17, 15) is 4.79 Å². The van der Waals surface area contributed by atoms with Crippen LogP contribution in [-0.4, -0.2) is 41.2 Å². The predicted molar refractivity (Wildman–Crippen MR) is 57.5 cm³/mol. The average molecular weight is 227 g/mol. The van der Waals surface area contributed by atoms with Crippen molar-refractivity contribution in [3.05, 3.63) is 5.69 Å². The fourth-order valence-corrected chi connectivity index (χ4v) is 2.48. The monoisotopic (exact) mass is 227 g/mol. The molecule has 5 nitrogen and oxygen atoms in total. The topological polar surface area (TPSA) is 55.3 Å². The summed E-state index contributed by atoms with van der Waals surface area (Å²) < 4.78 is 9.42. The molecule has 0 spiro atoms. The van der Waals surface area contributed by atoms with Crippen LogP contribution in [0.1, 0.15) is 24.3 Å². The van der Waals surface area contributed by atoms with Crippen molar-refractivity contribution in [2.75, 3.05) is 18.0 Å². The Morgan fingerprint density at radius 3 is 2.73 bits per heavy atom. The number of carbonyl (C=O) groups excluding carboxylic acids is 1. The SMILES string of the molecule is C[C@H]1CN(c2snnc2C=O)C[C@H](C)O1. The first-order valence-electron chi connectivity index (χ1n) is 4.88. The highest BCUT2D eigenvalue weighted by molar-refractivity contribution is 7.10. The summed E-state index contributed by atoms with van der Waals surface area (Å²) in [7, 11) is 0. The number of ether oxygens (including phenoxy) is 1. The van der Waals surface area contributed by atoms with E-state index >= 15 is 0 Å². The van der Waals surface area contributed by atoms with Crippen LogP contribution >= 0.6 is 11.5 Å². The van der Waals surface area contributed by atoms with Gasteiger partial charge in [0.05, 0.1) is 12.2 Å². The summed E-state index contributed by atoms with van der Waals surface area (Å²) in [6.45, 7) is 5.62. The molecule has 2 atom stereocenters. The number of nitrogens with zero attached hydrogens (tertiary/aromatic N) is 3. The first-order valence-corrected chi connectivity index (χ1v) is 5.66. The van der Waals surface area contributed by atoms with Crippen molar-refractivity contribution in [1.82, 2.24) is 9.59 Å². The van der Waals surface area contributed by atoms with Gasteiger partial charge in [-0.25, -0.2) is 0 Å². The Kier molecular flexibility index (Phi) is 2.97. The highest BCUT2D eigenvalue weighted by atomic mass is 32.1. The lowest BCUT2D eigenvalue weighted by molar-refractivity contribution is -0.00505. The van der Waals surface area contributed by atoms with Crippen molar-refractivity contribution >= 4 is 22.8 Å². The molecule has 1 fully saturated rings. The maximum absolute atomic E-state index is 10.7. The van der Waals surface area contributed by atoms with Crippen molar-refractivity contribution in [3.8, 4) is 0 Å². The number of carbonyl (C=O) groups is 1. The number of anilines is 1. The zero-order valence-electron chi connectivity index (χ0n) is 8.71. The van der Waals surface area contributed by atoms with Gasteiger partial charge in [-0.3, -0.25) is 4.79 Å². The second-order valence-corrected chi connectivity index (χ2v) is 4.48. The molecule has 1 saturated heterocycles. The van der Waals surface area contributed by atoms with Gasteiger partial charge in [-0.05, 0) is 13.8 Å². The number of hydrogen-bond acceptors (Lipinski definition) is 6. The lowest BCUT2D eigenvalue weighted by Gasteiger charge is -2.35. The highest BCUT2D eigenvalue weighted by Gasteiger charge is 2.25. The Balaban J connectivity index is 2.19. The summed E-state index contributed by atoms with van der Waals surface area (Å²) in [6.07, 6.45) is 1.11. The molecule has 1 aliphatic heterocycles. The Hall–Kier alpha value is -1.01. The molecular weight excluding hydrogens is 214 g/mol. The number of rotatable bonds is 2. The number of aromatic nitrogens is 2. The van der Waals surface area contributed by atoms with Crippen molar-refractivity contribution in [3.63, 3.8) is 0 Å². The van der Waals surface area contributed by atoms with Crippen molar-refractivity contribution in [2.45, 2.75) is 26.1 Å². The predicted octanol–water partition coefficient (Wildman–Crippen LogP) is 0.964. The van der Waals surface area contributed by atoms with E-state index < -0.39 is 0 Å². The molecule has 0 unspecified atom stereocenters. The Morgan fingerprint density at radius 2 is 2.13 bits per heavy atom. The molecule has 1 aromatic heterocycles. The summed E-state index contributed by atoms with van der Waals surface area (Å²) in [6, 6.07) is 0. The number of hydrogen-bond donors (Lipinski definition) is 0. The van der Waals surface area contributed by atoms with E-state index in [1.54, 1.807) is 0 Å². The lowest BCUT2D eigenvalue weighted by atomic mass is 10.2. The molecule has 0 N–H and O–H groups in total. The molecule has 0 amide bonds. The zero-order valence-corrected chi connectivity index (χ0v) is 9.53. The van der Waals surface area contributed by atoms with Crippen molar-refractivity contribution in [2.24, 2.45) is 0 Å². The van der Waals surface area contributed by atoms with Gasteiger partial charge in [0.1, 0.15) is 5.00 Å².